The number of guanidine groups is 1. The van der Waals surface area contributed by atoms with Gasteiger partial charge in [-0.25, -0.2) is 0 Å². The number of phenols is 1. The van der Waals surface area contributed by atoms with E-state index in [0.29, 0.717) is 5.75 Å². The molecule has 0 aliphatic carbocycles. The molecule has 3 rings (SSSR count). The molecular formula is C22H28N4O. The predicted octanol–water partition coefficient (Wildman–Crippen LogP) is 3.52. The fourth-order valence-electron chi connectivity index (χ4n) is 3.24. The molecule has 0 radical (unpaired) electrons. The number of aromatic nitrogens is 1. The normalized spacial score (nSPS) is 11.7. The van der Waals surface area contributed by atoms with Gasteiger partial charge in [0.2, 0.25) is 0 Å². The van der Waals surface area contributed by atoms with Gasteiger partial charge < -0.3 is 20.7 Å². The molecule has 0 saturated carbocycles. The van der Waals surface area contributed by atoms with Crippen molar-refractivity contribution in [1.82, 2.24) is 15.6 Å². The van der Waals surface area contributed by atoms with Crippen molar-refractivity contribution in [3.63, 3.8) is 0 Å². The van der Waals surface area contributed by atoms with Gasteiger partial charge in [-0.2, -0.15) is 0 Å². The number of phenolic OH excluding ortho intramolecular Hbond substituents is 1. The van der Waals surface area contributed by atoms with E-state index < -0.39 is 0 Å². The number of aryl methyl sites for hydroxylation is 1. The number of hydrogen-bond acceptors (Lipinski definition) is 2. The molecule has 0 atom stereocenters. The summed E-state index contributed by atoms with van der Waals surface area (Å²) in [6, 6.07) is 13.8. The van der Waals surface area contributed by atoms with Gasteiger partial charge in [0.25, 0.3) is 0 Å². The largest absolute Gasteiger partial charge is 0.508 e. The summed E-state index contributed by atoms with van der Waals surface area (Å²) in [6.07, 6.45) is 3.82. The SMILES string of the molecule is CCNC(=NCCc1c[nH]c2c(C)cccc12)NCCc1cccc(O)c1. The van der Waals surface area contributed by atoms with Crippen LogP contribution < -0.4 is 10.6 Å². The molecule has 142 valence electrons. The van der Waals surface area contributed by atoms with Gasteiger partial charge in [-0.1, -0.05) is 30.3 Å². The summed E-state index contributed by atoms with van der Waals surface area (Å²) >= 11 is 0. The Balaban J connectivity index is 1.56. The van der Waals surface area contributed by atoms with Crippen LogP contribution in [0.1, 0.15) is 23.6 Å². The molecule has 0 aliphatic rings. The van der Waals surface area contributed by atoms with E-state index in [4.69, 9.17) is 4.99 Å². The van der Waals surface area contributed by atoms with Crippen molar-refractivity contribution in [3.8, 4) is 5.75 Å². The van der Waals surface area contributed by atoms with Crippen LogP contribution >= 0.6 is 0 Å². The molecule has 0 amide bonds. The molecule has 0 saturated heterocycles. The van der Waals surface area contributed by atoms with Crippen LogP contribution in [-0.4, -0.2) is 35.7 Å². The van der Waals surface area contributed by atoms with E-state index in [0.717, 1.165) is 44.0 Å². The van der Waals surface area contributed by atoms with E-state index in [9.17, 15) is 5.11 Å². The Labute approximate surface area is 160 Å². The first-order valence-electron chi connectivity index (χ1n) is 9.53. The number of H-pyrrole nitrogens is 1. The summed E-state index contributed by atoms with van der Waals surface area (Å²) in [4.78, 5) is 8.07. The van der Waals surface area contributed by atoms with Crippen LogP contribution in [0.25, 0.3) is 10.9 Å². The van der Waals surface area contributed by atoms with Crippen molar-refractivity contribution < 1.29 is 5.11 Å². The van der Waals surface area contributed by atoms with Crippen molar-refractivity contribution in [2.24, 2.45) is 4.99 Å². The average Bonchev–Trinajstić information content (AvgIpc) is 3.06. The lowest BCUT2D eigenvalue weighted by Gasteiger charge is -2.11. The van der Waals surface area contributed by atoms with Crippen LogP contribution in [0.2, 0.25) is 0 Å². The number of fused-ring (bicyclic) bond motifs is 1. The van der Waals surface area contributed by atoms with Gasteiger partial charge in [-0.15, -0.1) is 0 Å². The number of aromatic amines is 1. The Morgan fingerprint density at radius 3 is 2.78 bits per heavy atom. The van der Waals surface area contributed by atoms with Gasteiger partial charge in [0.05, 0.1) is 0 Å². The maximum absolute atomic E-state index is 9.55. The van der Waals surface area contributed by atoms with E-state index in [1.165, 1.54) is 22.0 Å². The first-order valence-corrected chi connectivity index (χ1v) is 9.53. The molecule has 0 bridgehead atoms. The van der Waals surface area contributed by atoms with Crippen LogP contribution in [0.3, 0.4) is 0 Å². The number of para-hydroxylation sites is 1. The minimum Gasteiger partial charge on any atom is -0.508 e. The molecule has 3 aromatic rings. The monoisotopic (exact) mass is 364 g/mol. The molecule has 2 aromatic carbocycles. The van der Waals surface area contributed by atoms with Gasteiger partial charge >= 0.3 is 0 Å². The zero-order chi connectivity index (χ0) is 19.1. The lowest BCUT2D eigenvalue weighted by molar-refractivity contribution is 0.474. The first-order chi connectivity index (χ1) is 13.2. The quantitative estimate of drug-likeness (QED) is 0.383. The van der Waals surface area contributed by atoms with Crippen molar-refractivity contribution in [2.45, 2.75) is 26.7 Å². The topological polar surface area (TPSA) is 72.4 Å². The number of hydrogen-bond donors (Lipinski definition) is 4. The number of nitrogens with zero attached hydrogens (tertiary/aromatic N) is 1. The number of rotatable bonds is 7. The van der Waals surface area contributed by atoms with Gasteiger partial charge in [0.1, 0.15) is 5.75 Å². The Kier molecular flexibility index (Phi) is 6.36. The Hall–Kier alpha value is -2.95. The highest BCUT2D eigenvalue weighted by atomic mass is 16.3. The number of aromatic hydroxyl groups is 1. The first kappa shape index (κ1) is 18.8. The van der Waals surface area contributed by atoms with Crippen molar-refractivity contribution in [3.05, 3.63) is 65.4 Å². The second-order valence-corrected chi connectivity index (χ2v) is 6.67. The molecule has 0 unspecified atom stereocenters. The van der Waals surface area contributed by atoms with E-state index >= 15 is 0 Å². The van der Waals surface area contributed by atoms with Gasteiger partial charge in [-0.3, -0.25) is 4.99 Å². The number of nitrogens with one attached hydrogen (secondary N) is 3. The highest BCUT2D eigenvalue weighted by Crippen LogP contribution is 2.21. The fraction of sp³-hybridized carbons (Fsp3) is 0.318. The third kappa shape index (κ3) is 5.03. The Morgan fingerprint density at radius 1 is 1.11 bits per heavy atom. The molecule has 0 spiro atoms. The summed E-state index contributed by atoms with van der Waals surface area (Å²) in [6.45, 7) is 6.50. The zero-order valence-corrected chi connectivity index (χ0v) is 16.0. The maximum atomic E-state index is 9.55. The van der Waals surface area contributed by atoms with E-state index in [1.54, 1.807) is 12.1 Å². The molecule has 5 heteroatoms. The summed E-state index contributed by atoms with van der Waals surface area (Å²) < 4.78 is 0. The van der Waals surface area contributed by atoms with E-state index in [2.05, 4.69) is 53.9 Å². The maximum Gasteiger partial charge on any atom is 0.191 e. The lowest BCUT2D eigenvalue weighted by atomic mass is 10.1. The standard InChI is InChI=1S/C22H28N4O/c1-3-23-22(24-12-10-17-7-5-8-19(27)14-17)25-13-11-18-15-26-21-16(2)6-4-9-20(18)21/h4-9,14-15,26-27H,3,10-13H2,1-2H3,(H2,23,24,25). The molecular weight excluding hydrogens is 336 g/mol. The fourth-order valence-corrected chi connectivity index (χ4v) is 3.24. The predicted molar refractivity (Wildman–Crippen MR) is 113 cm³/mol. The average molecular weight is 364 g/mol. The second kappa shape index (κ2) is 9.12. The molecule has 1 heterocycles. The van der Waals surface area contributed by atoms with Crippen molar-refractivity contribution in [2.75, 3.05) is 19.6 Å². The smallest absolute Gasteiger partial charge is 0.191 e. The minimum absolute atomic E-state index is 0.307. The molecule has 1 aromatic heterocycles. The highest BCUT2D eigenvalue weighted by molar-refractivity contribution is 5.86. The van der Waals surface area contributed by atoms with E-state index in [-0.39, 0.29) is 0 Å². The number of aliphatic imine (C=N–C) groups is 1. The van der Waals surface area contributed by atoms with Crippen molar-refractivity contribution in [1.29, 1.82) is 0 Å². The molecule has 0 fully saturated rings. The van der Waals surface area contributed by atoms with Gasteiger partial charge in [0, 0.05) is 36.7 Å². The summed E-state index contributed by atoms with van der Waals surface area (Å²) in [5.74, 6) is 1.13. The second-order valence-electron chi connectivity index (χ2n) is 6.67. The third-order valence-electron chi connectivity index (χ3n) is 4.62. The summed E-state index contributed by atoms with van der Waals surface area (Å²) in [7, 11) is 0. The van der Waals surface area contributed by atoms with Crippen LogP contribution in [0.4, 0.5) is 0 Å². The van der Waals surface area contributed by atoms with Crippen LogP contribution in [0, 0.1) is 6.92 Å². The number of benzene rings is 2. The highest BCUT2D eigenvalue weighted by Gasteiger charge is 2.05. The molecule has 4 N–H and O–H groups in total. The molecule has 27 heavy (non-hydrogen) atoms. The van der Waals surface area contributed by atoms with E-state index in [1.807, 2.05) is 12.1 Å². The Bertz CT molecular complexity index is 914. The zero-order valence-electron chi connectivity index (χ0n) is 16.0. The third-order valence-corrected chi connectivity index (χ3v) is 4.62. The van der Waals surface area contributed by atoms with Crippen LogP contribution in [0.15, 0.2) is 53.7 Å². The van der Waals surface area contributed by atoms with Crippen molar-refractivity contribution >= 4 is 16.9 Å². The summed E-state index contributed by atoms with van der Waals surface area (Å²) in [5.41, 5.74) is 4.89. The summed E-state index contributed by atoms with van der Waals surface area (Å²) in [5, 5.41) is 17.5. The van der Waals surface area contributed by atoms with Crippen LogP contribution in [-0.2, 0) is 12.8 Å². The van der Waals surface area contributed by atoms with Gasteiger partial charge in [0.15, 0.2) is 5.96 Å². The lowest BCUT2D eigenvalue weighted by Crippen LogP contribution is -2.38. The molecule has 5 nitrogen and oxygen atoms in total. The Morgan fingerprint density at radius 2 is 1.96 bits per heavy atom. The minimum atomic E-state index is 0.307. The van der Waals surface area contributed by atoms with Gasteiger partial charge in [-0.05, 0) is 55.5 Å². The van der Waals surface area contributed by atoms with Crippen LogP contribution in [0.5, 0.6) is 5.75 Å². The molecule has 0 aliphatic heterocycles.